The van der Waals surface area contributed by atoms with Crippen LogP contribution in [0.5, 0.6) is 5.75 Å². The van der Waals surface area contributed by atoms with Crippen LogP contribution in [0.25, 0.3) is 0 Å². The standard InChI is InChI=1S/C21H18ClN3O6S/c1-11-3-7-16(19(26)23-11)25-20(27)14-6-5-13(10-15(14)21(25)28)24-32(29,30)18-9-12(22)4-8-17(18)31-2/h4-6,8-10,16,24H,1,3,7H2,2H3,(H,23,26). The normalized spacial score (nSPS) is 18.4. The predicted molar refractivity (Wildman–Crippen MR) is 116 cm³/mol. The largest absolute Gasteiger partial charge is 0.495 e. The first-order valence-corrected chi connectivity index (χ1v) is 11.4. The molecule has 2 aliphatic heterocycles. The van der Waals surface area contributed by atoms with Gasteiger partial charge in [0.05, 0.1) is 18.2 Å². The molecule has 0 saturated carbocycles. The van der Waals surface area contributed by atoms with Crippen LogP contribution in [-0.2, 0) is 14.8 Å². The number of carbonyl (C=O) groups is 3. The summed E-state index contributed by atoms with van der Waals surface area (Å²) in [4.78, 5) is 38.8. The topological polar surface area (TPSA) is 122 Å². The number of methoxy groups -OCH3 is 1. The monoisotopic (exact) mass is 475 g/mol. The molecule has 1 atom stereocenters. The second kappa shape index (κ2) is 7.95. The number of ether oxygens (including phenoxy) is 1. The zero-order chi connectivity index (χ0) is 23.2. The smallest absolute Gasteiger partial charge is 0.265 e. The Morgan fingerprint density at radius 3 is 2.53 bits per heavy atom. The van der Waals surface area contributed by atoms with Crippen LogP contribution < -0.4 is 14.8 Å². The van der Waals surface area contributed by atoms with E-state index in [1.807, 2.05) is 0 Å². The summed E-state index contributed by atoms with van der Waals surface area (Å²) >= 11 is 5.93. The highest BCUT2D eigenvalue weighted by Gasteiger charge is 2.44. The molecule has 0 aromatic heterocycles. The molecule has 3 amide bonds. The molecule has 2 aliphatic rings. The Hall–Kier alpha value is -3.37. The second-order valence-corrected chi connectivity index (χ2v) is 9.38. The Balaban J connectivity index is 1.64. The van der Waals surface area contributed by atoms with E-state index < -0.39 is 33.8 Å². The molecule has 32 heavy (non-hydrogen) atoms. The van der Waals surface area contributed by atoms with Crippen molar-refractivity contribution in [3.8, 4) is 5.75 Å². The molecule has 2 N–H and O–H groups in total. The maximum Gasteiger partial charge on any atom is 0.265 e. The number of rotatable bonds is 5. The Morgan fingerprint density at radius 2 is 1.84 bits per heavy atom. The summed E-state index contributed by atoms with van der Waals surface area (Å²) in [7, 11) is -2.79. The van der Waals surface area contributed by atoms with E-state index in [-0.39, 0.29) is 38.9 Å². The average Bonchev–Trinajstić information content (AvgIpc) is 2.98. The fourth-order valence-electron chi connectivity index (χ4n) is 3.69. The van der Waals surface area contributed by atoms with Crippen LogP contribution in [0, 0.1) is 0 Å². The van der Waals surface area contributed by atoms with E-state index in [1.54, 1.807) is 0 Å². The first-order chi connectivity index (χ1) is 15.1. The fourth-order valence-corrected chi connectivity index (χ4v) is 5.17. The number of hydrogen-bond acceptors (Lipinski definition) is 6. The molecule has 0 bridgehead atoms. The van der Waals surface area contributed by atoms with Crippen molar-refractivity contribution in [3.63, 3.8) is 0 Å². The number of benzene rings is 2. The lowest BCUT2D eigenvalue weighted by Gasteiger charge is -2.29. The van der Waals surface area contributed by atoms with Gasteiger partial charge in [0.1, 0.15) is 16.7 Å². The maximum atomic E-state index is 13.0. The summed E-state index contributed by atoms with van der Waals surface area (Å²) in [6, 6.07) is 7.18. The number of carbonyl (C=O) groups excluding carboxylic acids is 3. The van der Waals surface area contributed by atoms with Crippen molar-refractivity contribution < 1.29 is 27.5 Å². The summed E-state index contributed by atoms with van der Waals surface area (Å²) in [5.74, 6) is -1.67. The minimum absolute atomic E-state index is 0.00505. The summed E-state index contributed by atoms with van der Waals surface area (Å²) in [6.45, 7) is 3.69. The zero-order valence-electron chi connectivity index (χ0n) is 16.8. The number of anilines is 1. The number of imide groups is 1. The van der Waals surface area contributed by atoms with E-state index in [0.717, 1.165) is 4.90 Å². The molecule has 0 radical (unpaired) electrons. The minimum atomic E-state index is -4.12. The van der Waals surface area contributed by atoms with Crippen LogP contribution in [0.1, 0.15) is 33.6 Å². The number of allylic oxidation sites excluding steroid dienone is 1. The third-order valence-corrected chi connectivity index (χ3v) is 6.86. The molecule has 9 nitrogen and oxygen atoms in total. The van der Waals surface area contributed by atoms with Gasteiger partial charge in [-0.15, -0.1) is 0 Å². The summed E-state index contributed by atoms with van der Waals surface area (Å²) in [6.07, 6.45) is 0.709. The van der Waals surface area contributed by atoms with Crippen molar-refractivity contribution >= 4 is 45.0 Å². The molecule has 2 aromatic rings. The van der Waals surface area contributed by atoms with Crippen molar-refractivity contribution in [1.82, 2.24) is 10.2 Å². The Morgan fingerprint density at radius 1 is 1.12 bits per heavy atom. The quantitative estimate of drug-likeness (QED) is 0.641. The van der Waals surface area contributed by atoms with Crippen LogP contribution in [-0.4, -0.2) is 44.2 Å². The van der Waals surface area contributed by atoms with Crippen LogP contribution in [0.4, 0.5) is 5.69 Å². The summed E-state index contributed by atoms with van der Waals surface area (Å²) in [5.41, 5.74) is 0.687. The molecule has 1 saturated heterocycles. The van der Waals surface area contributed by atoms with Crippen LogP contribution in [0.3, 0.4) is 0 Å². The SMILES string of the molecule is C=C1CCC(N2C(=O)c3ccc(NS(=O)(=O)c4cc(Cl)ccc4OC)cc3C2=O)C(=O)N1. The molecule has 1 unspecified atom stereocenters. The lowest BCUT2D eigenvalue weighted by Crippen LogP contribution is -2.51. The summed E-state index contributed by atoms with van der Waals surface area (Å²) < 4.78 is 33.3. The minimum Gasteiger partial charge on any atom is -0.495 e. The van der Waals surface area contributed by atoms with Crippen LogP contribution in [0.15, 0.2) is 53.6 Å². The van der Waals surface area contributed by atoms with Crippen molar-refractivity contribution in [1.29, 1.82) is 0 Å². The lowest BCUT2D eigenvalue weighted by atomic mass is 10.0. The van der Waals surface area contributed by atoms with E-state index in [1.165, 1.54) is 43.5 Å². The van der Waals surface area contributed by atoms with E-state index in [2.05, 4.69) is 16.6 Å². The van der Waals surface area contributed by atoms with Gasteiger partial charge in [0.25, 0.3) is 21.8 Å². The van der Waals surface area contributed by atoms with Gasteiger partial charge in [0.2, 0.25) is 5.91 Å². The number of amides is 3. The van der Waals surface area contributed by atoms with Gasteiger partial charge in [0.15, 0.2) is 0 Å². The third kappa shape index (κ3) is 3.71. The molecule has 2 heterocycles. The van der Waals surface area contributed by atoms with Gasteiger partial charge in [-0.25, -0.2) is 8.42 Å². The first-order valence-electron chi connectivity index (χ1n) is 9.49. The van der Waals surface area contributed by atoms with Gasteiger partial charge in [0, 0.05) is 16.4 Å². The van der Waals surface area contributed by atoms with Gasteiger partial charge >= 0.3 is 0 Å². The number of piperidine rings is 1. The lowest BCUT2D eigenvalue weighted by molar-refractivity contribution is -0.125. The predicted octanol–water partition coefficient (Wildman–Crippen LogP) is 2.54. The van der Waals surface area contributed by atoms with Crippen molar-refractivity contribution in [3.05, 3.63) is 64.8 Å². The maximum absolute atomic E-state index is 13.0. The van der Waals surface area contributed by atoms with E-state index in [0.29, 0.717) is 12.1 Å². The molecular weight excluding hydrogens is 458 g/mol. The number of hydrogen-bond donors (Lipinski definition) is 2. The number of sulfonamides is 1. The third-order valence-electron chi connectivity index (χ3n) is 5.22. The highest BCUT2D eigenvalue weighted by molar-refractivity contribution is 7.92. The molecule has 1 fully saturated rings. The van der Waals surface area contributed by atoms with E-state index in [4.69, 9.17) is 16.3 Å². The van der Waals surface area contributed by atoms with E-state index in [9.17, 15) is 22.8 Å². The van der Waals surface area contributed by atoms with Crippen molar-refractivity contribution in [2.45, 2.75) is 23.8 Å². The van der Waals surface area contributed by atoms with Crippen LogP contribution in [0.2, 0.25) is 5.02 Å². The highest BCUT2D eigenvalue weighted by Crippen LogP contribution is 2.32. The van der Waals surface area contributed by atoms with Crippen molar-refractivity contribution in [2.75, 3.05) is 11.8 Å². The van der Waals surface area contributed by atoms with Gasteiger partial charge in [-0.05, 0) is 49.2 Å². The molecule has 2 aromatic carbocycles. The molecule has 0 aliphatic carbocycles. The Kier molecular flexibility index (Phi) is 5.43. The van der Waals surface area contributed by atoms with Crippen LogP contribution >= 0.6 is 11.6 Å². The zero-order valence-corrected chi connectivity index (χ0v) is 18.4. The number of nitrogens with zero attached hydrogens (tertiary/aromatic N) is 1. The number of nitrogens with one attached hydrogen (secondary N) is 2. The van der Waals surface area contributed by atoms with Gasteiger partial charge in [-0.3, -0.25) is 24.0 Å². The van der Waals surface area contributed by atoms with Crippen molar-refractivity contribution in [2.24, 2.45) is 0 Å². The molecule has 0 spiro atoms. The summed E-state index contributed by atoms with van der Waals surface area (Å²) in [5, 5.41) is 2.76. The van der Waals surface area contributed by atoms with E-state index >= 15 is 0 Å². The van der Waals surface area contributed by atoms with Gasteiger partial charge < -0.3 is 10.1 Å². The molecule has 166 valence electrons. The number of fused-ring (bicyclic) bond motifs is 1. The van der Waals surface area contributed by atoms with Gasteiger partial charge in [-0.2, -0.15) is 0 Å². The Labute approximate surface area is 189 Å². The molecule has 11 heteroatoms. The molecule has 4 rings (SSSR count). The highest BCUT2D eigenvalue weighted by atomic mass is 35.5. The Bertz CT molecular complexity index is 1290. The fraction of sp³-hybridized carbons (Fsp3) is 0.190. The second-order valence-electron chi connectivity index (χ2n) is 7.29. The number of halogens is 1. The van der Waals surface area contributed by atoms with Gasteiger partial charge in [-0.1, -0.05) is 18.2 Å². The first kappa shape index (κ1) is 21.8. The average molecular weight is 476 g/mol. The molecular formula is C21H18ClN3O6S.